The molecule has 1 aliphatic heterocycles. The number of nitrogens with zero attached hydrogens (tertiary/aromatic N) is 1. The standard InChI is InChI=1S/C20H37NO3/c22-19(21-17-18-21)15-13-11-9-7-5-3-1-2-4-6-8-10-12-14-16-20(23)24/h1-18H2,(H,23,24). The fourth-order valence-electron chi connectivity index (χ4n) is 3.13. The molecule has 0 aromatic carbocycles. The first-order valence-corrected chi connectivity index (χ1v) is 10.2. The minimum atomic E-state index is -0.667. The molecule has 0 bridgehead atoms. The molecule has 4 nitrogen and oxygen atoms in total. The van der Waals surface area contributed by atoms with Gasteiger partial charge in [-0.3, -0.25) is 9.59 Å². The number of hydrogen-bond acceptors (Lipinski definition) is 2. The van der Waals surface area contributed by atoms with E-state index in [4.69, 9.17) is 5.11 Å². The normalized spacial score (nSPS) is 13.2. The quantitative estimate of drug-likeness (QED) is 0.294. The summed E-state index contributed by atoms with van der Waals surface area (Å²) in [6.45, 7) is 1.98. The van der Waals surface area contributed by atoms with Crippen LogP contribution in [0.1, 0.15) is 103 Å². The number of carbonyl (C=O) groups excluding carboxylic acids is 1. The van der Waals surface area contributed by atoms with Gasteiger partial charge in [0.25, 0.3) is 0 Å². The second kappa shape index (κ2) is 14.3. The zero-order valence-corrected chi connectivity index (χ0v) is 15.4. The second-order valence-corrected chi connectivity index (χ2v) is 7.22. The molecule has 0 atom stereocenters. The van der Waals surface area contributed by atoms with E-state index in [1.807, 2.05) is 4.90 Å². The van der Waals surface area contributed by atoms with E-state index < -0.39 is 5.97 Å². The Kier molecular flexibility index (Phi) is 12.5. The Bertz CT molecular complexity index is 340. The highest BCUT2D eigenvalue weighted by Gasteiger charge is 2.22. The lowest BCUT2D eigenvalue weighted by molar-refractivity contribution is -0.137. The van der Waals surface area contributed by atoms with Gasteiger partial charge in [0.2, 0.25) is 5.91 Å². The molecule has 4 heteroatoms. The summed E-state index contributed by atoms with van der Waals surface area (Å²) in [7, 11) is 0. The Morgan fingerprint density at radius 2 is 0.917 bits per heavy atom. The molecule has 1 rings (SSSR count). The van der Waals surface area contributed by atoms with Crippen molar-refractivity contribution in [3.8, 4) is 0 Å². The van der Waals surface area contributed by atoms with E-state index in [1.165, 1.54) is 70.6 Å². The van der Waals surface area contributed by atoms with Crippen LogP contribution < -0.4 is 0 Å². The molecule has 1 N–H and O–H groups in total. The van der Waals surface area contributed by atoms with Crippen LogP contribution in [0.4, 0.5) is 0 Å². The highest BCUT2D eigenvalue weighted by molar-refractivity contribution is 5.78. The number of amides is 1. The van der Waals surface area contributed by atoms with Crippen molar-refractivity contribution < 1.29 is 14.7 Å². The lowest BCUT2D eigenvalue weighted by Gasteiger charge is -2.04. The molecule has 1 aliphatic rings. The Hall–Kier alpha value is -1.06. The summed E-state index contributed by atoms with van der Waals surface area (Å²) in [6, 6.07) is 0. The maximum absolute atomic E-state index is 11.5. The summed E-state index contributed by atoms with van der Waals surface area (Å²) < 4.78 is 0. The number of carboxylic acid groups (broad SMARTS) is 1. The Labute approximate surface area is 148 Å². The van der Waals surface area contributed by atoms with Gasteiger partial charge in [-0.15, -0.1) is 0 Å². The van der Waals surface area contributed by atoms with E-state index in [0.717, 1.165) is 38.8 Å². The molecule has 0 unspecified atom stereocenters. The fraction of sp³-hybridized carbons (Fsp3) is 0.900. The smallest absolute Gasteiger partial charge is 0.303 e. The number of unbranched alkanes of at least 4 members (excludes halogenated alkanes) is 13. The van der Waals surface area contributed by atoms with Gasteiger partial charge in [0.1, 0.15) is 0 Å². The van der Waals surface area contributed by atoms with Gasteiger partial charge in [0.15, 0.2) is 0 Å². The average molecular weight is 340 g/mol. The van der Waals surface area contributed by atoms with Crippen LogP contribution in [0.3, 0.4) is 0 Å². The van der Waals surface area contributed by atoms with Crippen LogP contribution in [0.25, 0.3) is 0 Å². The van der Waals surface area contributed by atoms with Gasteiger partial charge in [-0.1, -0.05) is 77.0 Å². The van der Waals surface area contributed by atoms with E-state index in [1.54, 1.807) is 0 Å². The summed E-state index contributed by atoms with van der Waals surface area (Å²) in [6.07, 6.45) is 18.3. The minimum Gasteiger partial charge on any atom is -0.481 e. The van der Waals surface area contributed by atoms with Crippen molar-refractivity contribution in [2.45, 2.75) is 103 Å². The van der Waals surface area contributed by atoms with E-state index >= 15 is 0 Å². The number of carbonyl (C=O) groups is 2. The van der Waals surface area contributed by atoms with Gasteiger partial charge in [0.05, 0.1) is 0 Å². The summed E-state index contributed by atoms with van der Waals surface area (Å²) in [5.74, 6) is -0.309. The molecule has 140 valence electrons. The van der Waals surface area contributed by atoms with E-state index in [0.29, 0.717) is 12.3 Å². The third-order valence-electron chi connectivity index (χ3n) is 4.83. The van der Waals surface area contributed by atoms with Crippen LogP contribution in [-0.2, 0) is 9.59 Å². The monoisotopic (exact) mass is 339 g/mol. The van der Waals surface area contributed by atoms with Crippen molar-refractivity contribution in [3.05, 3.63) is 0 Å². The van der Waals surface area contributed by atoms with Gasteiger partial charge < -0.3 is 10.0 Å². The van der Waals surface area contributed by atoms with E-state index in [9.17, 15) is 9.59 Å². The van der Waals surface area contributed by atoms with Crippen LogP contribution in [0.2, 0.25) is 0 Å². The molecule has 1 heterocycles. The Balaban J connectivity index is 1.66. The molecule has 0 saturated carbocycles. The fourth-order valence-corrected chi connectivity index (χ4v) is 3.13. The van der Waals surface area contributed by atoms with E-state index in [-0.39, 0.29) is 0 Å². The predicted octanol–water partition coefficient (Wildman–Crippen LogP) is 5.15. The maximum Gasteiger partial charge on any atom is 0.303 e. The number of rotatable bonds is 17. The van der Waals surface area contributed by atoms with Crippen LogP contribution in [0.15, 0.2) is 0 Å². The van der Waals surface area contributed by atoms with Crippen LogP contribution in [0, 0.1) is 0 Å². The molecular weight excluding hydrogens is 302 g/mol. The zero-order valence-electron chi connectivity index (χ0n) is 15.4. The average Bonchev–Trinajstić information content (AvgIpc) is 3.39. The number of hydrogen-bond donors (Lipinski definition) is 1. The van der Waals surface area contributed by atoms with Crippen LogP contribution >= 0.6 is 0 Å². The number of carboxylic acids is 1. The largest absolute Gasteiger partial charge is 0.481 e. The van der Waals surface area contributed by atoms with Gasteiger partial charge >= 0.3 is 5.97 Å². The van der Waals surface area contributed by atoms with Gasteiger partial charge in [-0.25, -0.2) is 0 Å². The molecular formula is C20H37NO3. The maximum atomic E-state index is 11.5. The molecule has 24 heavy (non-hydrogen) atoms. The molecule has 1 saturated heterocycles. The highest BCUT2D eigenvalue weighted by atomic mass is 16.4. The molecule has 0 aromatic rings. The minimum absolute atomic E-state index is 0.328. The topological polar surface area (TPSA) is 57.4 Å². The highest BCUT2D eigenvalue weighted by Crippen LogP contribution is 2.14. The van der Waals surface area contributed by atoms with Crippen LogP contribution in [-0.4, -0.2) is 35.0 Å². The first kappa shape index (κ1) is 21.0. The van der Waals surface area contributed by atoms with Crippen molar-refractivity contribution in [1.29, 1.82) is 0 Å². The third-order valence-corrected chi connectivity index (χ3v) is 4.83. The summed E-state index contributed by atoms with van der Waals surface area (Å²) >= 11 is 0. The van der Waals surface area contributed by atoms with Gasteiger partial charge in [-0.2, -0.15) is 0 Å². The molecule has 1 fully saturated rings. The summed E-state index contributed by atoms with van der Waals surface area (Å²) in [4.78, 5) is 23.8. The lowest BCUT2D eigenvalue weighted by Crippen LogP contribution is -2.09. The summed E-state index contributed by atoms with van der Waals surface area (Å²) in [5, 5.41) is 8.55. The van der Waals surface area contributed by atoms with Crippen LogP contribution in [0.5, 0.6) is 0 Å². The molecule has 0 radical (unpaired) electrons. The number of aliphatic carboxylic acids is 1. The Morgan fingerprint density at radius 1 is 0.583 bits per heavy atom. The molecule has 0 aliphatic carbocycles. The van der Waals surface area contributed by atoms with Crippen molar-refractivity contribution >= 4 is 11.9 Å². The van der Waals surface area contributed by atoms with Crippen molar-refractivity contribution in [1.82, 2.24) is 4.90 Å². The predicted molar refractivity (Wildman–Crippen MR) is 98.1 cm³/mol. The van der Waals surface area contributed by atoms with Gasteiger partial charge in [-0.05, 0) is 12.8 Å². The molecule has 1 amide bonds. The third kappa shape index (κ3) is 13.4. The van der Waals surface area contributed by atoms with Crippen molar-refractivity contribution in [3.63, 3.8) is 0 Å². The zero-order chi connectivity index (χ0) is 17.5. The Morgan fingerprint density at radius 3 is 1.25 bits per heavy atom. The molecule has 0 aromatic heterocycles. The van der Waals surface area contributed by atoms with Crippen molar-refractivity contribution in [2.75, 3.05) is 13.1 Å². The second-order valence-electron chi connectivity index (χ2n) is 7.22. The summed E-state index contributed by atoms with van der Waals surface area (Å²) in [5.41, 5.74) is 0. The SMILES string of the molecule is O=C(O)CCCCCCCCCCCCCCCCC(=O)N1CC1. The lowest BCUT2D eigenvalue weighted by atomic mass is 10.0. The first-order chi connectivity index (χ1) is 11.7. The van der Waals surface area contributed by atoms with Crippen molar-refractivity contribution in [2.24, 2.45) is 0 Å². The van der Waals surface area contributed by atoms with E-state index in [2.05, 4.69) is 0 Å². The first-order valence-electron chi connectivity index (χ1n) is 10.2. The molecule has 0 spiro atoms. The van der Waals surface area contributed by atoms with Gasteiger partial charge in [0, 0.05) is 25.9 Å².